The molecule has 0 bridgehead atoms. The van der Waals surface area contributed by atoms with Crippen LogP contribution in [0.3, 0.4) is 0 Å². The van der Waals surface area contributed by atoms with Crippen molar-refractivity contribution in [2.45, 2.75) is 0 Å². The zero-order chi connectivity index (χ0) is 3.58. The molecule has 0 fully saturated rings. The van der Waals surface area contributed by atoms with Crippen molar-refractivity contribution >= 4 is 22.2 Å². The average Bonchev–Trinajstić information content (AvgIpc) is 0.811. The van der Waals surface area contributed by atoms with Gasteiger partial charge in [-0.3, -0.25) is 0 Å². The van der Waals surface area contributed by atoms with Gasteiger partial charge in [-0.2, -0.15) is 0 Å². The minimum atomic E-state index is -4.34. The van der Waals surface area contributed by atoms with Gasteiger partial charge in [0.15, 0.2) is 0 Å². The maximum absolute atomic E-state index is 8.62. The van der Waals surface area contributed by atoms with Gasteiger partial charge in [-0.15, -0.1) is 0 Å². The van der Waals surface area contributed by atoms with E-state index < -0.39 is 22.2 Å². The van der Waals surface area contributed by atoms with E-state index in [1.54, 1.807) is 0 Å². The fourth-order valence-electron chi connectivity index (χ4n) is 0. The van der Waals surface area contributed by atoms with Gasteiger partial charge in [0.1, 0.15) is 0 Å². The van der Waals surface area contributed by atoms with Crippen molar-refractivity contribution in [2.24, 2.45) is 0 Å². The molecule has 0 rings (SSSR count). The van der Waals surface area contributed by atoms with Crippen molar-refractivity contribution < 1.29 is 8.81 Å². The molecular weight excluding hydrogens is 257 g/mol. The molecule has 0 aromatic carbocycles. The monoisotopic (exact) mass is 257 g/mol. The van der Waals surface area contributed by atoms with E-state index in [9.17, 15) is 0 Å². The van der Waals surface area contributed by atoms with Gasteiger partial charge in [-0.1, -0.05) is 0 Å². The second kappa shape index (κ2) is 1.73. The number of hydrogen-bond acceptors (Lipinski definition) is 3. The van der Waals surface area contributed by atoms with Gasteiger partial charge in [-0.25, -0.2) is 0 Å². The molecule has 0 amide bonds. The fraction of sp³-hybridized carbons (Fsp3) is 0. The molecule has 0 N–H and O–H groups in total. The quantitative estimate of drug-likeness (QED) is 0.481. The van der Waals surface area contributed by atoms with Crippen molar-refractivity contribution in [1.29, 1.82) is 0 Å². The topological polar surface area (TPSA) is 57.2 Å². The van der Waals surface area contributed by atoms with Gasteiger partial charge in [-0.05, 0) is 0 Å². The molecular formula is BiO3-. The van der Waals surface area contributed by atoms with Gasteiger partial charge in [0, 0.05) is 0 Å². The van der Waals surface area contributed by atoms with Gasteiger partial charge >= 0.3 is 31.0 Å². The summed E-state index contributed by atoms with van der Waals surface area (Å²) in [5, 5.41) is 0. The summed E-state index contributed by atoms with van der Waals surface area (Å²) < 4.78 is 25.9. The van der Waals surface area contributed by atoms with Crippen LogP contribution in [0.5, 0.6) is 0 Å². The second-order valence-corrected chi connectivity index (χ2v) is 1.96. The Kier molecular flexibility index (Phi) is 1.93. The summed E-state index contributed by atoms with van der Waals surface area (Å²) >= 11 is -4.34. The van der Waals surface area contributed by atoms with Crippen LogP contribution in [0.1, 0.15) is 0 Å². The SMILES string of the molecule is [O]=[Bi](=[O])[O-]. The summed E-state index contributed by atoms with van der Waals surface area (Å²) in [7, 11) is 0. The third-order valence-electron chi connectivity index (χ3n) is 0. The van der Waals surface area contributed by atoms with Gasteiger partial charge in [0.2, 0.25) is 0 Å². The molecule has 4 heteroatoms. The zero-order valence-corrected chi connectivity index (χ0v) is 5.15. The van der Waals surface area contributed by atoms with Crippen LogP contribution in [-0.4, -0.2) is 22.2 Å². The first-order chi connectivity index (χ1) is 1.73. The fourth-order valence-corrected chi connectivity index (χ4v) is 0. The van der Waals surface area contributed by atoms with Crippen molar-refractivity contribution in [2.75, 3.05) is 0 Å². The number of rotatable bonds is 0. The molecule has 4 heavy (non-hydrogen) atoms. The van der Waals surface area contributed by atoms with Crippen LogP contribution in [0.25, 0.3) is 0 Å². The van der Waals surface area contributed by atoms with E-state index >= 15 is 0 Å². The molecule has 0 spiro atoms. The van der Waals surface area contributed by atoms with Gasteiger partial charge in [0.05, 0.1) is 0 Å². The van der Waals surface area contributed by atoms with E-state index in [0.29, 0.717) is 0 Å². The van der Waals surface area contributed by atoms with Crippen LogP contribution in [0.2, 0.25) is 0 Å². The van der Waals surface area contributed by atoms with Gasteiger partial charge in [0.25, 0.3) is 0 Å². The van der Waals surface area contributed by atoms with E-state index in [-0.39, 0.29) is 0 Å². The molecule has 0 atom stereocenters. The summed E-state index contributed by atoms with van der Waals surface area (Å²) in [6, 6.07) is 0. The van der Waals surface area contributed by atoms with Crippen molar-refractivity contribution in [3.63, 3.8) is 0 Å². The third kappa shape index (κ3) is 25.9. The summed E-state index contributed by atoms with van der Waals surface area (Å²) in [6.45, 7) is 0. The molecule has 0 saturated carbocycles. The standard InChI is InChI=1S/Bi.3O/q;;;-1. The van der Waals surface area contributed by atoms with Crippen molar-refractivity contribution in [3.8, 4) is 0 Å². The van der Waals surface area contributed by atoms with E-state index in [1.165, 1.54) is 0 Å². The molecule has 0 radical (unpaired) electrons. The number of hydrogen-bond donors (Lipinski definition) is 0. The van der Waals surface area contributed by atoms with Crippen molar-refractivity contribution in [1.82, 2.24) is 0 Å². The summed E-state index contributed by atoms with van der Waals surface area (Å²) in [5.41, 5.74) is 0. The Morgan fingerprint density at radius 2 is 1.50 bits per heavy atom. The van der Waals surface area contributed by atoms with Crippen LogP contribution in [0.4, 0.5) is 0 Å². The molecule has 0 aliphatic rings. The van der Waals surface area contributed by atoms with E-state index in [4.69, 9.17) is 8.81 Å². The molecule has 0 aliphatic carbocycles. The zero-order valence-electron chi connectivity index (χ0n) is 1.67. The third-order valence-corrected chi connectivity index (χ3v) is 0. The van der Waals surface area contributed by atoms with Crippen LogP contribution >= 0.6 is 0 Å². The van der Waals surface area contributed by atoms with E-state index in [1.807, 2.05) is 0 Å². The Balaban J connectivity index is 3.51. The van der Waals surface area contributed by atoms with Crippen LogP contribution in [0.15, 0.2) is 0 Å². The van der Waals surface area contributed by atoms with Crippen LogP contribution in [-0.2, 0) is 5.63 Å². The summed E-state index contributed by atoms with van der Waals surface area (Å²) in [6.07, 6.45) is 0. The molecule has 0 heterocycles. The Morgan fingerprint density at radius 3 is 1.50 bits per heavy atom. The average molecular weight is 257 g/mol. The maximum atomic E-state index is 8.62. The first kappa shape index (κ1) is 4.44. The van der Waals surface area contributed by atoms with Gasteiger partial charge < -0.3 is 0 Å². The second-order valence-electron chi connectivity index (χ2n) is 0.224. The Labute approximate surface area is 31.4 Å². The molecule has 3 nitrogen and oxygen atoms in total. The molecule has 24 valence electrons. The van der Waals surface area contributed by atoms with E-state index in [2.05, 4.69) is 0 Å². The Bertz CT molecular complexity index is 51.7. The van der Waals surface area contributed by atoms with Crippen LogP contribution < -0.4 is 3.18 Å². The van der Waals surface area contributed by atoms with Crippen LogP contribution in [0, 0.1) is 0 Å². The first-order valence-corrected chi connectivity index (χ1v) is 4.81. The normalized spacial score (nSPS) is 6.25. The summed E-state index contributed by atoms with van der Waals surface area (Å²) in [5.74, 6) is 0. The Morgan fingerprint density at radius 1 is 1.50 bits per heavy atom. The first-order valence-electron chi connectivity index (χ1n) is 0.548. The minimum absolute atomic E-state index is 4.34. The predicted molar refractivity (Wildman–Crippen MR) is 7.13 cm³/mol. The summed E-state index contributed by atoms with van der Waals surface area (Å²) in [4.78, 5) is 0. The molecule has 0 saturated heterocycles. The van der Waals surface area contributed by atoms with E-state index in [0.717, 1.165) is 0 Å². The molecule has 0 aliphatic heterocycles. The Hall–Kier alpha value is 0.443. The molecule has 0 aromatic heterocycles. The molecule has 0 unspecified atom stereocenters. The molecule has 0 aromatic rings. The van der Waals surface area contributed by atoms with Crippen molar-refractivity contribution in [3.05, 3.63) is 0 Å². The predicted octanol–water partition coefficient (Wildman–Crippen LogP) is -1.81.